The average Bonchev–Trinajstić information content (AvgIpc) is 2.33. The van der Waals surface area contributed by atoms with E-state index >= 15 is 0 Å². The van der Waals surface area contributed by atoms with E-state index in [0.717, 1.165) is 5.56 Å². The second kappa shape index (κ2) is 4.45. The van der Waals surface area contributed by atoms with E-state index < -0.39 is 5.82 Å². The standard InChI is InChI=1S/C13H9FN2/c14-12-8-4-7-11(13(12)16-9-15)10-5-2-1-3-6-10/h1-8,16H. The fourth-order valence-corrected chi connectivity index (χ4v) is 1.57. The Bertz CT molecular complexity index is 529. The Labute approximate surface area is 93.0 Å². The van der Waals surface area contributed by atoms with Crippen LogP contribution in [0.1, 0.15) is 0 Å². The number of hydrogen-bond donors (Lipinski definition) is 1. The smallest absolute Gasteiger partial charge is 0.181 e. The zero-order valence-corrected chi connectivity index (χ0v) is 8.44. The molecule has 1 N–H and O–H groups in total. The number of hydrogen-bond acceptors (Lipinski definition) is 2. The molecule has 2 aromatic rings. The van der Waals surface area contributed by atoms with Gasteiger partial charge in [0, 0.05) is 5.56 Å². The van der Waals surface area contributed by atoms with Gasteiger partial charge in [-0.2, -0.15) is 5.26 Å². The lowest BCUT2D eigenvalue weighted by Gasteiger charge is -2.08. The van der Waals surface area contributed by atoms with E-state index in [-0.39, 0.29) is 5.69 Å². The van der Waals surface area contributed by atoms with Gasteiger partial charge in [-0.25, -0.2) is 4.39 Å². The highest BCUT2D eigenvalue weighted by Crippen LogP contribution is 2.29. The van der Waals surface area contributed by atoms with Crippen molar-refractivity contribution in [1.29, 1.82) is 5.26 Å². The number of anilines is 1. The molecule has 0 saturated carbocycles. The highest BCUT2D eigenvalue weighted by Gasteiger charge is 2.08. The van der Waals surface area contributed by atoms with Crippen molar-refractivity contribution in [2.45, 2.75) is 0 Å². The maximum Gasteiger partial charge on any atom is 0.181 e. The fraction of sp³-hybridized carbons (Fsp3) is 0. The van der Waals surface area contributed by atoms with Crippen LogP contribution in [0.25, 0.3) is 11.1 Å². The molecule has 2 aromatic carbocycles. The van der Waals surface area contributed by atoms with Crippen molar-refractivity contribution in [3.05, 3.63) is 54.3 Å². The Hall–Kier alpha value is -2.34. The number of nitrogens with one attached hydrogen (secondary N) is 1. The van der Waals surface area contributed by atoms with Crippen LogP contribution >= 0.6 is 0 Å². The van der Waals surface area contributed by atoms with E-state index in [0.29, 0.717) is 5.56 Å². The minimum Gasteiger partial charge on any atom is -0.289 e. The molecule has 0 saturated heterocycles. The lowest BCUT2D eigenvalue weighted by molar-refractivity contribution is 0.632. The minimum atomic E-state index is -0.428. The lowest BCUT2D eigenvalue weighted by atomic mass is 10.0. The molecule has 0 amide bonds. The summed E-state index contributed by atoms with van der Waals surface area (Å²) in [5, 5.41) is 11.0. The summed E-state index contributed by atoms with van der Waals surface area (Å²) >= 11 is 0. The number of halogens is 1. The molecule has 3 heteroatoms. The number of para-hydroxylation sites is 1. The van der Waals surface area contributed by atoms with E-state index in [4.69, 9.17) is 5.26 Å². The topological polar surface area (TPSA) is 35.8 Å². The third-order valence-electron chi connectivity index (χ3n) is 2.28. The highest BCUT2D eigenvalue weighted by atomic mass is 19.1. The molecular formula is C13H9FN2. The number of nitriles is 1. The van der Waals surface area contributed by atoms with Crippen LogP contribution in [0.4, 0.5) is 10.1 Å². The molecule has 0 aliphatic carbocycles. The maximum absolute atomic E-state index is 13.5. The van der Waals surface area contributed by atoms with Crippen LogP contribution in [-0.2, 0) is 0 Å². The average molecular weight is 212 g/mol. The van der Waals surface area contributed by atoms with E-state index in [1.165, 1.54) is 6.07 Å². The first-order chi connectivity index (χ1) is 7.83. The number of rotatable bonds is 2. The maximum atomic E-state index is 13.5. The Kier molecular flexibility index (Phi) is 2.84. The molecule has 2 rings (SSSR count). The molecule has 0 aliphatic rings. The molecular weight excluding hydrogens is 203 g/mol. The predicted molar refractivity (Wildman–Crippen MR) is 61.1 cm³/mol. The molecule has 0 unspecified atom stereocenters. The van der Waals surface area contributed by atoms with Crippen LogP contribution in [-0.4, -0.2) is 0 Å². The summed E-state index contributed by atoms with van der Waals surface area (Å²) < 4.78 is 13.5. The van der Waals surface area contributed by atoms with Gasteiger partial charge >= 0.3 is 0 Å². The first kappa shape index (κ1) is 10.2. The summed E-state index contributed by atoms with van der Waals surface area (Å²) in [6.45, 7) is 0. The Balaban J connectivity index is 2.57. The van der Waals surface area contributed by atoms with Gasteiger partial charge in [-0.15, -0.1) is 0 Å². The molecule has 0 aromatic heterocycles. The Morgan fingerprint density at radius 3 is 2.44 bits per heavy atom. The molecule has 0 aliphatic heterocycles. The van der Waals surface area contributed by atoms with E-state index in [1.807, 2.05) is 30.3 Å². The summed E-state index contributed by atoms with van der Waals surface area (Å²) in [7, 11) is 0. The second-order valence-corrected chi connectivity index (χ2v) is 3.27. The van der Waals surface area contributed by atoms with Gasteiger partial charge in [0.05, 0.1) is 5.69 Å². The van der Waals surface area contributed by atoms with Crippen molar-refractivity contribution in [1.82, 2.24) is 0 Å². The quantitative estimate of drug-likeness (QED) is 0.611. The van der Waals surface area contributed by atoms with Crippen LogP contribution in [0.5, 0.6) is 0 Å². The first-order valence-electron chi connectivity index (χ1n) is 4.82. The van der Waals surface area contributed by atoms with Gasteiger partial charge in [-0.05, 0) is 11.6 Å². The predicted octanol–water partition coefficient (Wildman–Crippen LogP) is 3.39. The normalized spacial score (nSPS) is 9.50. The Morgan fingerprint density at radius 1 is 1.00 bits per heavy atom. The van der Waals surface area contributed by atoms with Gasteiger partial charge in [-0.1, -0.05) is 42.5 Å². The van der Waals surface area contributed by atoms with Gasteiger partial charge in [0.25, 0.3) is 0 Å². The highest BCUT2D eigenvalue weighted by molar-refractivity contribution is 5.79. The third kappa shape index (κ3) is 1.86. The summed E-state index contributed by atoms with van der Waals surface area (Å²) in [4.78, 5) is 0. The second-order valence-electron chi connectivity index (χ2n) is 3.27. The SMILES string of the molecule is N#CNc1c(F)cccc1-c1ccccc1. The van der Waals surface area contributed by atoms with Crippen LogP contribution in [0, 0.1) is 17.3 Å². The van der Waals surface area contributed by atoms with Gasteiger partial charge in [0.2, 0.25) is 0 Å². The van der Waals surface area contributed by atoms with E-state index in [2.05, 4.69) is 5.32 Å². The van der Waals surface area contributed by atoms with Crippen molar-refractivity contribution in [2.24, 2.45) is 0 Å². The molecule has 0 bridgehead atoms. The first-order valence-corrected chi connectivity index (χ1v) is 4.82. The van der Waals surface area contributed by atoms with Crippen molar-refractivity contribution in [2.75, 3.05) is 5.32 Å². The molecule has 78 valence electrons. The molecule has 0 radical (unpaired) electrons. The lowest BCUT2D eigenvalue weighted by Crippen LogP contribution is -1.95. The van der Waals surface area contributed by atoms with Gasteiger partial charge in [0.15, 0.2) is 6.19 Å². The largest absolute Gasteiger partial charge is 0.289 e. The van der Waals surface area contributed by atoms with Gasteiger partial charge < -0.3 is 0 Å². The fourth-order valence-electron chi connectivity index (χ4n) is 1.57. The number of benzene rings is 2. The van der Waals surface area contributed by atoms with Gasteiger partial charge in [-0.3, -0.25) is 5.32 Å². The summed E-state index contributed by atoms with van der Waals surface area (Å²) in [6.07, 6.45) is 1.74. The van der Waals surface area contributed by atoms with E-state index in [9.17, 15) is 4.39 Å². The van der Waals surface area contributed by atoms with Crippen LogP contribution in [0.2, 0.25) is 0 Å². The summed E-state index contributed by atoms with van der Waals surface area (Å²) in [5.74, 6) is -0.428. The molecule has 2 nitrogen and oxygen atoms in total. The van der Waals surface area contributed by atoms with Crippen molar-refractivity contribution in [3.8, 4) is 17.3 Å². The van der Waals surface area contributed by atoms with Gasteiger partial charge in [0.1, 0.15) is 5.82 Å². The third-order valence-corrected chi connectivity index (χ3v) is 2.28. The van der Waals surface area contributed by atoms with Crippen LogP contribution in [0.15, 0.2) is 48.5 Å². The van der Waals surface area contributed by atoms with Crippen LogP contribution in [0.3, 0.4) is 0 Å². The molecule has 16 heavy (non-hydrogen) atoms. The monoisotopic (exact) mass is 212 g/mol. The zero-order chi connectivity index (χ0) is 11.4. The minimum absolute atomic E-state index is 0.219. The van der Waals surface area contributed by atoms with Crippen molar-refractivity contribution >= 4 is 5.69 Å². The van der Waals surface area contributed by atoms with E-state index in [1.54, 1.807) is 18.3 Å². The molecule has 0 fully saturated rings. The zero-order valence-electron chi connectivity index (χ0n) is 8.44. The van der Waals surface area contributed by atoms with Crippen LogP contribution < -0.4 is 5.32 Å². The molecule has 0 atom stereocenters. The van der Waals surface area contributed by atoms with Crippen molar-refractivity contribution in [3.63, 3.8) is 0 Å². The van der Waals surface area contributed by atoms with Crippen molar-refractivity contribution < 1.29 is 4.39 Å². The summed E-state index contributed by atoms with van der Waals surface area (Å²) in [6, 6.07) is 14.1. The molecule has 0 heterocycles. The Morgan fingerprint density at radius 2 is 1.75 bits per heavy atom. The number of nitrogens with zero attached hydrogens (tertiary/aromatic N) is 1. The molecule has 0 spiro atoms. The summed E-state index contributed by atoms with van der Waals surface area (Å²) in [5.41, 5.74) is 1.78.